The molecule has 0 unspecified atom stereocenters. The molecule has 0 radical (unpaired) electrons. The molecule has 0 N–H and O–H groups in total. The third-order valence-electron chi connectivity index (χ3n) is 11.1. The second-order valence-electron chi connectivity index (χ2n) is 14.5. The second kappa shape index (κ2) is 12.3. The Morgan fingerprint density at radius 1 is 0.358 bits per heavy atom. The van der Waals surface area contributed by atoms with Gasteiger partial charge in [0.25, 0.3) is 0 Å². The monoisotopic (exact) mass is 679 g/mol. The Kier molecular flexibility index (Phi) is 7.19. The van der Waals surface area contributed by atoms with Crippen molar-refractivity contribution in [2.45, 2.75) is 19.3 Å². The van der Waals surface area contributed by atoms with Crippen LogP contribution in [0.3, 0.4) is 0 Å². The quantitative estimate of drug-likeness (QED) is 0.180. The average molecular weight is 680 g/mol. The molecule has 0 aromatic heterocycles. The van der Waals surface area contributed by atoms with Crippen LogP contribution in [0, 0.1) is 0 Å². The van der Waals surface area contributed by atoms with E-state index >= 15 is 0 Å². The number of fused-ring (bicyclic) bond motifs is 8. The lowest BCUT2D eigenvalue weighted by Crippen LogP contribution is -2.16. The molecular formula is C51H37NO. The first-order chi connectivity index (χ1) is 26.0. The lowest BCUT2D eigenvalue weighted by molar-refractivity contribution is 0.489. The summed E-state index contributed by atoms with van der Waals surface area (Å²) in [6.45, 7) is 4.69. The van der Waals surface area contributed by atoms with E-state index in [1.807, 2.05) is 0 Å². The van der Waals surface area contributed by atoms with Gasteiger partial charge < -0.3 is 9.64 Å². The molecule has 2 nitrogen and oxygen atoms in total. The summed E-state index contributed by atoms with van der Waals surface area (Å²) in [7, 11) is 0. The molecule has 0 spiro atoms. The summed E-state index contributed by atoms with van der Waals surface area (Å²) in [6.07, 6.45) is 0. The van der Waals surface area contributed by atoms with Crippen LogP contribution in [0.25, 0.3) is 55.6 Å². The van der Waals surface area contributed by atoms with Gasteiger partial charge in [0.05, 0.1) is 0 Å². The fourth-order valence-electron chi connectivity index (χ4n) is 8.44. The van der Waals surface area contributed by atoms with Gasteiger partial charge in [-0.15, -0.1) is 0 Å². The number of ether oxygens (including phenoxy) is 1. The molecule has 0 bridgehead atoms. The van der Waals surface area contributed by atoms with Crippen molar-refractivity contribution in [3.8, 4) is 67.1 Å². The fourth-order valence-corrected chi connectivity index (χ4v) is 8.44. The van der Waals surface area contributed by atoms with Crippen LogP contribution in [0.5, 0.6) is 11.5 Å². The maximum absolute atomic E-state index is 6.99. The highest BCUT2D eigenvalue weighted by atomic mass is 16.5. The summed E-state index contributed by atoms with van der Waals surface area (Å²) in [5.41, 5.74) is 17.6. The predicted octanol–water partition coefficient (Wildman–Crippen LogP) is 14.2. The van der Waals surface area contributed by atoms with Gasteiger partial charge in [-0.3, -0.25) is 0 Å². The normalized spacial score (nSPS) is 13.0. The van der Waals surface area contributed by atoms with E-state index in [-0.39, 0.29) is 5.41 Å². The van der Waals surface area contributed by atoms with E-state index in [4.69, 9.17) is 4.74 Å². The Balaban J connectivity index is 1.15. The lowest BCUT2D eigenvalue weighted by Gasteiger charge is -2.29. The Morgan fingerprint density at radius 3 is 1.64 bits per heavy atom. The van der Waals surface area contributed by atoms with Crippen LogP contribution in [-0.4, -0.2) is 0 Å². The molecule has 0 saturated heterocycles. The van der Waals surface area contributed by atoms with Gasteiger partial charge in [0.2, 0.25) is 0 Å². The van der Waals surface area contributed by atoms with Crippen LogP contribution in [-0.2, 0) is 5.41 Å². The van der Waals surface area contributed by atoms with Crippen molar-refractivity contribution in [1.29, 1.82) is 0 Å². The number of anilines is 3. The Bertz CT molecular complexity index is 2660. The van der Waals surface area contributed by atoms with Crippen molar-refractivity contribution in [3.05, 3.63) is 199 Å². The van der Waals surface area contributed by atoms with Gasteiger partial charge in [-0.1, -0.05) is 159 Å². The van der Waals surface area contributed by atoms with Crippen molar-refractivity contribution in [2.75, 3.05) is 4.90 Å². The van der Waals surface area contributed by atoms with Crippen molar-refractivity contribution in [3.63, 3.8) is 0 Å². The zero-order chi connectivity index (χ0) is 35.5. The number of rotatable bonds is 5. The molecule has 53 heavy (non-hydrogen) atoms. The van der Waals surface area contributed by atoms with Gasteiger partial charge in [-0.05, 0) is 92.5 Å². The number of benzene rings is 8. The summed E-state index contributed by atoms with van der Waals surface area (Å²) in [6, 6.07) is 67.7. The van der Waals surface area contributed by atoms with Gasteiger partial charge in [-0.25, -0.2) is 0 Å². The largest absolute Gasteiger partial charge is 0.455 e. The molecule has 2 aliphatic rings. The first-order valence-electron chi connectivity index (χ1n) is 18.3. The molecule has 0 fully saturated rings. The van der Waals surface area contributed by atoms with Crippen LogP contribution >= 0.6 is 0 Å². The third-order valence-corrected chi connectivity index (χ3v) is 11.1. The molecule has 1 aliphatic heterocycles. The maximum Gasteiger partial charge on any atom is 0.143 e. The number of nitrogens with zero attached hydrogens (tertiary/aromatic N) is 1. The zero-order valence-corrected chi connectivity index (χ0v) is 29.8. The predicted molar refractivity (Wildman–Crippen MR) is 221 cm³/mol. The molecule has 252 valence electrons. The molecule has 0 atom stereocenters. The summed E-state index contributed by atoms with van der Waals surface area (Å²) in [5.74, 6) is 1.72. The lowest BCUT2D eigenvalue weighted by atomic mass is 9.82. The number of para-hydroxylation sites is 1. The molecule has 2 heteroatoms. The van der Waals surface area contributed by atoms with Gasteiger partial charge in [-0.2, -0.15) is 0 Å². The minimum atomic E-state index is -0.117. The van der Waals surface area contributed by atoms with Crippen molar-refractivity contribution < 1.29 is 4.74 Å². The molecular weight excluding hydrogens is 643 g/mol. The minimum Gasteiger partial charge on any atom is -0.455 e. The summed E-state index contributed by atoms with van der Waals surface area (Å²) in [4.78, 5) is 2.39. The molecule has 8 aromatic rings. The van der Waals surface area contributed by atoms with Gasteiger partial charge >= 0.3 is 0 Å². The first-order valence-corrected chi connectivity index (χ1v) is 18.3. The standard InChI is InChI=1S/C51H37NO/c1-51(2)47-23-12-11-20-43(47)44-30-28-39(33-48(44)51)52(37-26-24-35(25-27-37)34-14-5-3-6-15-34)38-29-31-49-46(32-38)42-19-10-9-18-41(42)45-22-13-21-40(50(45)53-49)36-16-7-4-8-17-36/h3-33H,1-2H3. The smallest absolute Gasteiger partial charge is 0.143 e. The van der Waals surface area contributed by atoms with Gasteiger partial charge in [0, 0.05) is 39.2 Å². The van der Waals surface area contributed by atoms with Crippen LogP contribution < -0.4 is 9.64 Å². The SMILES string of the molecule is CC1(C)c2ccccc2-c2ccc(N(c3ccc(-c4ccccc4)cc3)c3ccc4c(c3)-c3ccccc3-c3cccc(-c5ccccc5)c3O4)cc21. The molecule has 1 heterocycles. The van der Waals surface area contributed by atoms with Crippen LogP contribution in [0.1, 0.15) is 25.0 Å². The van der Waals surface area contributed by atoms with E-state index < -0.39 is 0 Å². The Hall–Kier alpha value is -6.64. The number of hydrogen-bond acceptors (Lipinski definition) is 2. The van der Waals surface area contributed by atoms with E-state index in [1.165, 1.54) is 33.4 Å². The van der Waals surface area contributed by atoms with E-state index in [0.717, 1.165) is 61.9 Å². The Morgan fingerprint density at radius 2 is 0.887 bits per heavy atom. The maximum atomic E-state index is 6.99. The second-order valence-corrected chi connectivity index (χ2v) is 14.5. The summed E-state index contributed by atoms with van der Waals surface area (Å²) >= 11 is 0. The van der Waals surface area contributed by atoms with Gasteiger partial charge in [0.15, 0.2) is 0 Å². The Labute approximate surface area is 311 Å². The van der Waals surface area contributed by atoms with E-state index in [0.29, 0.717) is 0 Å². The van der Waals surface area contributed by atoms with Crippen LogP contribution in [0.4, 0.5) is 17.1 Å². The first kappa shape index (κ1) is 31.1. The van der Waals surface area contributed by atoms with E-state index in [1.54, 1.807) is 0 Å². The molecule has 0 amide bonds. The highest BCUT2D eigenvalue weighted by Crippen LogP contribution is 2.53. The fraction of sp³-hybridized carbons (Fsp3) is 0.0588. The molecule has 10 rings (SSSR count). The minimum absolute atomic E-state index is 0.117. The summed E-state index contributed by atoms with van der Waals surface area (Å²) in [5, 5.41) is 0. The van der Waals surface area contributed by atoms with Crippen molar-refractivity contribution in [1.82, 2.24) is 0 Å². The molecule has 1 aliphatic carbocycles. The number of hydrogen-bond donors (Lipinski definition) is 0. The summed E-state index contributed by atoms with van der Waals surface area (Å²) < 4.78 is 6.99. The van der Waals surface area contributed by atoms with Crippen molar-refractivity contribution >= 4 is 17.1 Å². The zero-order valence-electron chi connectivity index (χ0n) is 29.8. The molecule has 0 saturated carbocycles. The molecule has 8 aromatic carbocycles. The van der Waals surface area contributed by atoms with Crippen molar-refractivity contribution in [2.24, 2.45) is 0 Å². The van der Waals surface area contributed by atoms with Crippen LogP contribution in [0.2, 0.25) is 0 Å². The highest BCUT2D eigenvalue weighted by Gasteiger charge is 2.36. The van der Waals surface area contributed by atoms with Crippen LogP contribution in [0.15, 0.2) is 188 Å². The topological polar surface area (TPSA) is 12.5 Å². The van der Waals surface area contributed by atoms with E-state index in [9.17, 15) is 0 Å². The highest BCUT2D eigenvalue weighted by molar-refractivity contribution is 5.96. The van der Waals surface area contributed by atoms with Gasteiger partial charge in [0.1, 0.15) is 11.5 Å². The average Bonchev–Trinajstić information content (AvgIpc) is 3.34. The van der Waals surface area contributed by atoms with E-state index in [2.05, 4.69) is 207 Å². The third kappa shape index (κ3) is 5.10.